The maximum absolute atomic E-state index is 9.66. The molecule has 1 aliphatic rings. The fourth-order valence-corrected chi connectivity index (χ4v) is 1.79. The summed E-state index contributed by atoms with van der Waals surface area (Å²) >= 11 is 0. The zero-order valence-corrected chi connectivity index (χ0v) is 8.67. The average Bonchev–Trinajstić information content (AvgIpc) is 2.15. The van der Waals surface area contributed by atoms with Crippen molar-refractivity contribution < 1.29 is 24.8 Å². The highest BCUT2D eigenvalue weighted by Gasteiger charge is 2.50. The summed E-state index contributed by atoms with van der Waals surface area (Å²) in [5.74, 6) is 0. The molecule has 0 spiro atoms. The quantitative estimate of drug-likeness (QED) is 0.553. The van der Waals surface area contributed by atoms with Crippen molar-refractivity contribution in [1.82, 2.24) is 0 Å². The highest BCUT2D eigenvalue weighted by Crippen LogP contribution is 2.33. The van der Waals surface area contributed by atoms with Crippen molar-refractivity contribution in [3.8, 4) is 0 Å². The third-order valence-electron chi connectivity index (χ3n) is 2.90. The number of hydrogen-bond acceptors (Lipinski definition) is 5. The first-order valence-electron chi connectivity index (χ1n) is 4.71. The normalized spacial score (nSPS) is 49.3. The van der Waals surface area contributed by atoms with Crippen LogP contribution in [0.3, 0.4) is 0 Å². The van der Waals surface area contributed by atoms with Crippen molar-refractivity contribution in [1.29, 1.82) is 0 Å². The van der Waals surface area contributed by atoms with E-state index in [1.54, 1.807) is 6.92 Å². The van der Waals surface area contributed by atoms with Gasteiger partial charge in [0.15, 0.2) is 6.29 Å². The Morgan fingerprint density at radius 1 is 1.29 bits per heavy atom. The zero-order valence-electron chi connectivity index (χ0n) is 8.67. The molecule has 0 aliphatic carbocycles. The summed E-state index contributed by atoms with van der Waals surface area (Å²) in [7, 11) is 1.44. The Kier molecular flexibility index (Phi) is 3.49. The maximum atomic E-state index is 9.66. The van der Waals surface area contributed by atoms with E-state index in [1.165, 1.54) is 7.11 Å². The Balaban J connectivity index is 2.87. The van der Waals surface area contributed by atoms with Crippen molar-refractivity contribution in [2.75, 3.05) is 7.11 Å². The van der Waals surface area contributed by atoms with E-state index in [9.17, 15) is 15.3 Å². The van der Waals surface area contributed by atoms with Crippen LogP contribution in [-0.2, 0) is 9.47 Å². The van der Waals surface area contributed by atoms with Gasteiger partial charge in [0.05, 0.1) is 5.60 Å². The molecule has 1 fully saturated rings. The monoisotopic (exact) mass is 206 g/mol. The predicted molar refractivity (Wildman–Crippen MR) is 48.6 cm³/mol. The second-order valence-electron chi connectivity index (χ2n) is 3.81. The first-order chi connectivity index (χ1) is 6.46. The van der Waals surface area contributed by atoms with E-state index in [1.807, 2.05) is 6.92 Å². The zero-order chi connectivity index (χ0) is 10.9. The highest BCUT2D eigenvalue weighted by molar-refractivity contribution is 4.97. The van der Waals surface area contributed by atoms with Gasteiger partial charge in [-0.2, -0.15) is 0 Å². The van der Waals surface area contributed by atoms with Crippen molar-refractivity contribution in [2.24, 2.45) is 0 Å². The van der Waals surface area contributed by atoms with Gasteiger partial charge in [-0.1, -0.05) is 6.92 Å². The van der Waals surface area contributed by atoms with E-state index < -0.39 is 30.2 Å². The van der Waals surface area contributed by atoms with Gasteiger partial charge in [-0.05, 0) is 13.3 Å². The van der Waals surface area contributed by atoms with Crippen LogP contribution in [0, 0.1) is 0 Å². The lowest BCUT2D eigenvalue weighted by Gasteiger charge is -2.46. The van der Waals surface area contributed by atoms with Crippen molar-refractivity contribution in [3.63, 3.8) is 0 Å². The van der Waals surface area contributed by atoms with E-state index in [0.717, 1.165) is 0 Å². The Hall–Kier alpha value is -0.200. The first kappa shape index (κ1) is 11.9. The molecule has 1 saturated heterocycles. The molecule has 1 heterocycles. The maximum Gasteiger partial charge on any atom is 0.184 e. The van der Waals surface area contributed by atoms with Gasteiger partial charge in [-0.3, -0.25) is 0 Å². The Morgan fingerprint density at radius 2 is 1.86 bits per heavy atom. The highest BCUT2D eigenvalue weighted by atomic mass is 16.7. The molecule has 0 aromatic rings. The molecule has 84 valence electrons. The van der Waals surface area contributed by atoms with Gasteiger partial charge in [-0.25, -0.2) is 0 Å². The smallest absolute Gasteiger partial charge is 0.184 e. The van der Waals surface area contributed by atoms with Crippen molar-refractivity contribution >= 4 is 0 Å². The summed E-state index contributed by atoms with van der Waals surface area (Å²) in [5, 5.41) is 28.4. The van der Waals surface area contributed by atoms with Crippen LogP contribution in [0.1, 0.15) is 20.3 Å². The van der Waals surface area contributed by atoms with Crippen LogP contribution in [0.2, 0.25) is 0 Å². The summed E-state index contributed by atoms with van der Waals surface area (Å²) in [6.45, 7) is 3.60. The molecule has 5 unspecified atom stereocenters. The van der Waals surface area contributed by atoms with Gasteiger partial charge in [0.1, 0.15) is 18.3 Å². The third kappa shape index (κ3) is 1.78. The van der Waals surface area contributed by atoms with Crippen molar-refractivity contribution in [2.45, 2.75) is 50.5 Å². The molecule has 1 aliphatic heterocycles. The van der Waals surface area contributed by atoms with Gasteiger partial charge < -0.3 is 24.8 Å². The SMILES string of the molecule is CCC1(C)OC(O)C(O)C(O)C1OC. The lowest BCUT2D eigenvalue weighted by molar-refractivity contribution is -0.319. The molecule has 0 amide bonds. The Labute approximate surface area is 83.3 Å². The van der Waals surface area contributed by atoms with Crippen LogP contribution < -0.4 is 0 Å². The first-order valence-corrected chi connectivity index (χ1v) is 4.71. The van der Waals surface area contributed by atoms with E-state index >= 15 is 0 Å². The molecular weight excluding hydrogens is 188 g/mol. The third-order valence-corrected chi connectivity index (χ3v) is 2.90. The van der Waals surface area contributed by atoms with Gasteiger partial charge in [0, 0.05) is 7.11 Å². The molecule has 0 saturated carbocycles. The van der Waals surface area contributed by atoms with Crippen LogP contribution in [0.25, 0.3) is 0 Å². The van der Waals surface area contributed by atoms with Gasteiger partial charge >= 0.3 is 0 Å². The summed E-state index contributed by atoms with van der Waals surface area (Å²) < 4.78 is 10.3. The molecule has 5 atom stereocenters. The fourth-order valence-electron chi connectivity index (χ4n) is 1.79. The van der Waals surface area contributed by atoms with Crippen LogP contribution in [0.15, 0.2) is 0 Å². The molecule has 0 aromatic heterocycles. The number of hydrogen-bond donors (Lipinski definition) is 3. The number of aliphatic hydroxyl groups excluding tert-OH is 3. The van der Waals surface area contributed by atoms with Gasteiger partial charge in [0.2, 0.25) is 0 Å². The molecule has 3 N–H and O–H groups in total. The number of methoxy groups -OCH3 is 1. The van der Waals surface area contributed by atoms with E-state index in [2.05, 4.69) is 0 Å². The van der Waals surface area contributed by atoms with E-state index in [0.29, 0.717) is 6.42 Å². The van der Waals surface area contributed by atoms with Crippen LogP contribution in [0.5, 0.6) is 0 Å². The number of ether oxygens (including phenoxy) is 2. The summed E-state index contributed by atoms with van der Waals surface area (Å²) in [4.78, 5) is 0. The number of aliphatic hydroxyl groups is 3. The second kappa shape index (κ2) is 4.12. The van der Waals surface area contributed by atoms with Gasteiger partial charge in [0.25, 0.3) is 0 Å². The fraction of sp³-hybridized carbons (Fsp3) is 1.00. The standard InChI is InChI=1S/C9H18O5/c1-4-9(2)7(13-3)5(10)6(11)8(12)14-9/h5-8,10-12H,4H2,1-3H3. The lowest BCUT2D eigenvalue weighted by Crippen LogP contribution is -2.63. The number of rotatable bonds is 2. The van der Waals surface area contributed by atoms with E-state index in [4.69, 9.17) is 9.47 Å². The second-order valence-corrected chi connectivity index (χ2v) is 3.81. The molecule has 0 bridgehead atoms. The van der Waals surface area contributed by atoms with Crippen molar-refractivity contribution in [3.05, 3.63) is 0 Å². The largest absolute Gasteiger partial charge is 0.387 e. The topological polar surface area (TPSA) is 79.2 Å². The lowest BCUT2D eigenvalue weighted by atomic mass is 9.86. The molecule has 14 heavy (non-hydrogen) atoms. The van der Waals surface area contributed by atoms with Crippen LogP contribution >= 0.6 is 0 Å². The molecule has 5 heteroatoms. The Bertz CT molecular complexity index is 198. The van der Waals surface area contributed by atoms with E-state index in [-0.39, 0.29) is 0 Å². The summed E-state index contributed by atoms with van der Waals surface area (Å²) in [6.07, 6.45) is -3.87. The van der Waals surface area contributed by atoms with Crippen LogP contribution in [0.4, 0.5) is 0 Å². The molecule has 1 rings (SSSR count). The Morgan fingerprint density at radius 3 is 2.29 bits per heavy atom. The van der Waals surface area contributed by atoms with Crippen LogP contribution in [-0.4, -0.2) is 52.6 Å². The summed E-state index contributed by atoms with van der Waals surface area (Å²) in [5.41, 5.74) is -0.771. The molecule has 0 aromatic carbocycles. The summed E-state index contributed by atoms with van der Waals surface area (Å²) in [6, 6.07) is 0. The molecule has 5 nitrogen and oxygen atoms in total. The molecular formula is C9H18O5. The molecule has 0 radical (unpaired) electrons. The minimum absolute atomic E-state index is 0.576. The average molecular weight is 206 g/mol. The predicted octanol–water partition coefficient (Wildman–Crippen LogP) is -0.760. The minimum atomic E-state index is -1.36. The minimum Gasteiger partial charge on any atom is -0.387 e. The van der Waals surface area contributed by atoms with Gasteiger partial charge in [-0.15, -0.1) is 0 Å².